The molecule has 140 valence electrons. The van der Waals surface area contributed by atoms with Crippen LogP contribution < -0.4 is 10.2 Å². The Morgan fingerprint density at radius 1 is 1.04 bits per heavy atom. The van der Waals surface area contributed by atoms with E-state index in [2.05, 4.69) is 92.8 Å². The molecule has 0 saturated carbocycles. The lowest BCUT2D eigenvalue weighted by molar-refractivity contribution is -0.858. The molecule has 0 aliphatic heterocycles. The molecule has 0 amide bonds. The molecule has 0 fully saturated rings. The van der Waals surface area contributed by atoms with Gasteiger partial charge in [0.1, 0.15) is 0 Å². The van der Waals surface area contributed by atoms with E-state index < -0.39 is 0 Å². The van der Waals surface area contributed by atoms with Gasteiger partial charge in [-0.05, 0) is 41.4 Å². The maximum absolute atomic E-state index is 5.73. The molecule has 0 aliphatic carbocycles. The second-order valence-electron chi connectivity index (χ2n) is 7.42. The fourth-order valence-electron chi connectivity index (χ4n) is 2.83. The Morgan fingerprint density at radius 3 is 2.27 bits per heavy atom. The number of benzene rings is 2. The quantitative estimate of drug-likeness (QED) is 0.694. The fraction of sp³-hybridized carbons (Fsp3) is 0.409. The van der Waals surface area contributed by atoms with E-state index in [1.54, 1.807) is 0 Å². The summed E-state index contributed by atoms with van der Waals surface area (Å²) in [5.41, 5.74) is 3.68. The average molecular weight is 371 g/mol. The molecule has 2 aromatic carbocycles. The van der Waals surface area contributed by atoms with Crippen molar-refractivity contribution in [2.45, 2.75) is 32.7 Å². The van der Waals surface area contributed by atoms with Crippen molar-refractivity contribution in [2.24, 2.45) is 0 Å². The third-order valence-corrected chi connectivity index (χ3v) is 4.80. The Labute approximate surface area is 164 Å². The number of nitrogens with one attached hydrogen (secondary N) is 2. The van der Waals surface area contributed by atoms with Gasteiger partial charge in [-0.3, -0.25) is 0 Å². The third kappa shape index (κ3) is 6.77. The number of anilines is 1. The van der Waals surface area contributed by atoms with E-state index in [4.69, 9.17) is 12.2 Å². The summed E-state index contributed by atoms with van der Waals surface area (Å²) in [4.78, 5) is 3.73. The molecule has 2 rings (SSSR count). The smallest absolute Gasteiger partial charge is 0.173 e. The summed E-state index contributed by atoms with van der Waals surface area (Å²) in [5, 5.41) is 4.21. The van der Waals surface area contributed by atoms with Crippen molar-refractivity contribution in [2.75, 3.05) is 32.5 Å². The first-order valence-electron chi connectivity index (χ1n) is 9.44. The number of nitrogens with zero attached hydrogens (tertiary/aromatic N) is 1. The summed E-state index contributed by atoms with van der Waals surface area (Å²) >= 11 is 5.73. The van der Waals surface area contributed by atoms with Gasteiger partial charge in [0, 0.05) is 25.2 Å². The summed E-state index contributed by atoms with van der Waals surface area (Å²) in [6, 6.07) is 19.1. The predicted octanol–water partition coefficient (Wildman–Crippen LogP) is 3.54. The van der Waals surface area contributed by atoms with Crippen LogP contribution in [-0.4, -0.2) is 37.2 Å². The number of quaternary nitrogens is 1. The molecule has 0 aliphatic rings. The summed E-state index contributed by atoms with van der Waals surface area (Å²) in [6.07, 6.45) is 1.11. The minimum atomic E-state index is 0.541. The maximum atomic E-state index is 5.73. The van der Waals surface area contributed by atoms with Gasteiger partial charge in [0.05, 0.1) is 20.6 Å². The standard InChI is InChI=1S/C22H31N3S/c1-18(2)20-11-13-21(14-12-20)23-22(26)25(16-8-15-24(3)4)17-19-9-6-5-7-10-19/h5-7,9-14,18H,8,15-17H2,1-4H3,(H,23,26)/p+1. The third-order valence-electron chi connectivity index (χ3n) is 4.44. The normalized spacial score (nSPS) is 11.0. The molecule has 0 spiro atoms. The number of hydrogen-bond acceptors (Lipinski definition) is 1. The van der Waals surface area contributed by atoms with Gasteiger partial charge < -0.3 is 15.1 Å². The van der Waals surface area contributed by atoms with Gasteiger partial charge in [-0.15, -0.1) is 0 Å². The molecule has 0 aromatic heterocycles. The molecular formula is C22H32N3S+. The van der Waals surface area contributed by atoms with E-state index in [1.165, 1.54) is 16.0 Å². The van der Waals surface area contributed by atoms with Crippen LogP contribution in [0.2, 0.25) is 0 Å². The zero-order valence-electron chi connectivity index (χ0n) is 16.5. The van der Waals surface area contributed by atoms with Crippen LogP contribution >= 0.6 is 12.2 Å². The van der Waals surface area contributed by atoms with E-state index in [0.717, 1.165) is 36.9 Å². The van der Waals surface area contributed by atoms with Crippen molar-refractivity contribution in [1.29, 1.82) is 0 Å². The SMILES string of the molecule is CC(C)c1ccc(NC(=S)N(CCC[NH+](C)C)Cc2ccccc2)cc1. The molecule has 0 unspecified atom stereocenters. The van der Waals surface area contributed by atoms with Crippen molar-refractivity contribution >= 4 is 23.0 Å². The Kier molecular flexibility index (Phi) is 8.07. The second kappa shape index (κ2) is 10.3. The molecule has 0 bridgehead atoms. The first kappa shape index (κ1) is 20.4. The Hall–Kier alpha value is -1.91. The van der Waals surface area contributed by atoms with Crippen molar-refractivity contribution in [1.82, 2.24) is 4.90 Å². The minimum Gasteiger partial charge on any atom is -0.344 e. The average Bonchev–Trinajstić information content (AvgIpc) is 2.62. The van der Waals surface area contributed by atoms with Gasteiger partial charge in [-0.25, -0.2) is 0 Å². The monoisotopic (exact) mass is 370 g/mol. The summed E-state index contributed by atoms with van der Waals surface area (Å²) in [7, 11) is 4.38. The molecule has 0 atom stereocenters. The first-order valence-corrected chi connectivity index (χ1v) is 9.85. The lowest BCUT2D eigenvalue weighted by atomic mass is 10.0. The van der Waals surface area contributed by atoms with Crippen LogP contribution in [0.25, 0.3) is 0 Å². The predicted molar refractivity (Wildman–Crippen MR) is 116 cm³/mol. The summed E-state index contributed by atoms with van der Waals surface area (Å²) in [6.45, 7) is 7.34. The Morgan fingerprint density at radius 2 is 1.69 bits per heavy atom. The largest absolute Gasteiger partial charge is 0.344 e. The topological polar surface area (TPSA) is 19.7 Å². The van der Waals surface area contributed by atoms with Gasteiger partial charge in [0.25, 0.3) is 0 Å². The van der Waals surface area contributed by atoms with E-state index in [-0.39, 0.29) is 0 Å². The van der Waals surface area contributed by atoms with E-state index in [0.29, 0.717) is 5.92 Å². The molecule has 26 heavy (non-hydrogen) atoms. The lowest BCUT2D eigenvalue weighted by Crippen LogP contribution is -3.05. The molecule has 0 saturated heterocycles. The zero-order chi connectivity index (χ0) is 18.9. The molecule has 0 radical (unpaired) electrons. The van der Waals surface area contributed by atoms with Crippen LogP contribution in [0.3, 0.4) is 0 Å². The highest BCUT2D eigenvalue weighted by Gasteiger charge is 2.12. The molecule has 2 N–H and O–H groups in total. The van der Waals surface area contributed by atoms with E-state index >= 15 is 0 Å². The van der Waals surface area contributed by atoms with Crippen molar-refractivity contribution in [3.8, 4) is 0 Å². The molecule has 3 nitrogen and oxygen atoms in total. The zero-order valence-corrected chi connectivity index (χ0v) is 17.3. The number of rotatable bonds is 8. The Balaban J connectivity index is 2.03. The maximum Gasteiger partial charge on any atom is 0.173 e. The molecular weight excluding hydrogens is 338 g/mol. The van der Waals surface area contributed by atoms with Crippen LogP contribution in [0.1, 0.15) is 37.3 Å². The van der Waals surface area contributed by atoms with Crippen LogP contribution in [0, 0.1) is 0 Å². The summed E-state index contributed by atoms with van der Waals surface area (Å²) in [5.74, 6) is 0.541. The first-order chi connectivity index (χ1) is 12.5. The van der Waals surface area contributed by atoms with Crippen molar-refractivity contribution in [3.05, 3.63) is 65.7 Å². The molecule has 0 heterocycles. The Bertz CT molecular complexity index is 666. The van der Waals surface area contributed by atoms with Gasteiger partial charge >= 0.3 is 0 Å². The minimum absolute atomic E-state index is 0.541. The van der Waals surface area contributed by atoms with Gasteiger partial charge in [0.15, 0.2) is 5.11 Å². The van der Waals surface area contributed by atoms with Crippen LogP contribution in [0.5, 0.6) is 0 Å². The fourth-order valence-corrected chi connectivity index (χ4v) is 3.11. The van der Waals surface area contributed by atoms with E-state index in [9.17, 15) is 0 Å². The summed E-state index contributed by atoms with van der Waals surface area (Å²) < 4.78 is 0. The lowest BCUT2D eigenvalue weighted by Gasteiger charge is -2.26. The van der Waals surface area contributed by atoms with Crippen LogP contribution in [-0.2, 0) is 6.54 Å². The van der Waals surface area contributed by atoms with Gasteiger partial charge in [-0.2, -0.15) is 0 Å². The highest BCUT2D eigenvalue weighted by atomic mass is 32.1. The van der Waals surface area contributed by atoms with Crippen LogP contribution in [0.15, 0.2) is 54.6 Å². The van der Waals surface area contributed by atoms with Gasteiger partial charge in [-0.1, -0.05) is 56.3 Å². The second-order valence-corrected chi connectivity index (χ2v) is 7.81. The van der Waals surface area contributed by atoms with Crippen molar-refractivity contribution in [3.63, 3.8) is 0 Å². The van der Waals surface area contributed by atoms with Gasteiger partial charge in [0.2, 0.25) is 0 Å². The number of thiocarbonyl (C=S) groups is 1. The highest BCUT2D eigenvalue weighted by Crippen LogP contribution is 2.18. The van der Waals surface area contributed by atoms with Crippen LogP contribution in [0.4, 0.5) is 5.69 Å². The molecule has 4 heteroatoms. The number of hydrogen-bond donors (Lipinski definition) is 2. The highest BCUT2D eigenvalue weighted by molar-refractivity contribution is 7.80. The van der Waals surface area contributed by atoms with E-state index in [1.807, 2.05) is 0 Å². The molecule has 2 aromatic rings. The van der Waals surface area contributed by atoms with Crippen molar-refractivity contribution < 1.29 is 4.90 Å².